The van der Waals surface area contributed by atoms with E-state index in [0.29, 0.717) is 56.7 Å². The van der Waals surface area contributed by atoms with Gasteiger partial charge in [-0.1, -0.05) is 83.5 Å². The van der Waals surface area contributed by atoms with Crippen molar-refractivity contribution in [1.82, 2.24) is 5.32 Å². The second-order valence-corrected chi connectivity index (χ2v) is 18.7. The molecule has 2 aliphatic rings. The van der Waals surface area contributed by atoms with E-state index in [4.69, 9.17) is 29.3 Å². The Morgan fingerprint density at radius 3 is 2.67 bits per heavy atom. The van der Waals surface area contributed by atoms with Crippen LogP contribution in [0.2, 0.25) is 0 Å². The van der Waals surface area contributed by atoms with Crippen LogP contribution in [0.25, 0.3) is 10.4 Å². The average molecular weight is 789 g/mol. The molecular weight excluding hydrogens is 737 g/mol. The number of rotatable bonds is 20. The van der Waals surface area contributed by atoms with Crippen molar-refractivity contribution in [1.29, 1.82) is 0 Å². The van der Waals surface area contributed by atoms with E-state index in [1.54, 1.807) is 21.6 Å². The van der Waals surface area contributed by atoms with Crippen molar-refractivity contribution in [2.45, 2.75) is 114 Å². The molecule has 0 aromatic rings. The summed E-state index contributed by atoms with van der Waals surface area (Å²) in [6.45, 7) is 5.25. The largest absolute Gasteiger partial charge is 0.484 e. The molecule has 0 aromatic heterocycles. The Kier molecular flexibility index (Phi) is 23.2. The van der Waals surface area contributed by atoms with Gasteiger partial charge in [-0.25, -0.2) is 13.2 Å². The molecule has 1 saturated heterocycles. The fourth-order valence-electron chi connectivity index (χ4n) is 5.42. The van der Waals surface area contributed by atoms with Gasteiger partial charge in [0.15, 0.2) is 14.8 Å². The zero-order valence-corrected chi connectivity index (χ0v) is 32.6. The number of phosphoric acid groups is 1. The highest BCUT2D eigenvalue weighted by atomic mass is 33.1. The first-order valence-electron chi connectivity index (χ1n) is 16.5. The second kappa shape index (κ2) is 25.5. The summed E-state index contributed by atoms with van der Waals surface area (Å²) >= 11 is 0. The summed E-state index contributed by atoms with van der Waals surface area (Å²) in [7, 11) is -5.38. The van der Waals surface area contributed by atoms with Crippen molar-refractivity contribution in [3.05, 3.63) is 10.4 Å². The number of hydrogen-bond donors (Lipinski definition) is 4. The summed E-state index contributed by atoms with van der Waals surface area (Å²) < 4.78 is 36.7. The highest BCUT2D eigenvalue weighted by Gasteiger charge is 2.35. The molecule has 2 rings (SSSR count). The normalized spacial score (nSPS) is 23.8. The molecular formula is C29H51N4O11P3S2. The molecule has 280 valence electrons. The van der Waals surface area contributed by atoms with Crippen LogP contribution < -0.4 is 5.32 Å². The molecule has 0 radical (unpaired) electrons. The molecule has 4 N–H and O–H groups in total. The van der Waals surface area contributed by atoms with Gasteiger partial charge in [0.1, 0.15) is 18.6 Å². The third-order valence-corrected chi connectivity index (χ3v) is 13.7. The standard InChI is InChI=1S/C29H51N4O11P3S2/c1-29(2,21-31-28(35)15-8-16-32-33-30)49-48-22-40-17-9-14-23-10-4-3-5-12-24(13-7-6-11-23)18-25-19-26(34)27(42-25)20-41-45-43-47(38,39)44-46(36)37/h23-25,27,36-37,45H,3-8,10-13,15-22H2,1-2H3,(H,31,35)(H,38,39)/t23?,24?,25-,27+/m0/s1. The molecule has 1 amide bonds. The Bertz CT molecular complexity index is 1160. The number of amides is 1. The molecule has 1 aliphatic heterocycles. The fraction of sp³-hybridized carbons (Fsp3) is 0.862. The lowest BCUT2D eigenvalue weighted by atomic mass is 9.89. The molecule has 4 unspecified atom stereocenters. The number of hydrogen-bond acceptors (Lipinski definition) is 13. The first kappa shape index (κ1) is 44.6. The van der Waals surface area contributed by atoms with Crippen LogP contribution in [0, 0.1) is 23.7 Å². The lowest BCUT2D eigenvalue weighted by Crippen LogP contribution is -2.35. The number of azide groups is 1. The van der Waals surface area contributed by atoms with Gasteiger partial charge in [0.25, 0.3) is 0 Å². The molecule has 0 aromatic carbocycles. The minimum absolute atomic E-state index is 0.0471. The molecule has 0 bridgehead atoms. The van der Waals surface area contributed by atoms with Crippen LogP contribution in [0.1, 0.15) is 97.3 Å². The molecule has 49 heavy (non-hydrogen) atoms. The van der Waals surface area contributed by atoms with Gasteiger partial charge in [-0.15, -0.1) is 0 Å². The molecule has 20 heteroatoms. The van der Waals surface area contributed by atoms with Crippen molar-refractivity contribution >= 4 is 58.7 Å². The predicted octanol–water partition coefficient (Wildman–Crippen LogP) is 7.07. The maximum Gasteiger partial charge on any atom is 0.484 e. The molecule has 2 fully saturated rings. The Balaban J connectivity index is 1.62. The SMILES string of the molecule is CC(C)(CNC(=O)CCCN=[N+]=[N-])SSCOCC#CC1CCCCCC(C[C@H]2CC(=O)[C@@H](COPOP(=O)(O)OP(O)O)O2)CCCC1. The number of nitrogens with zero attached hydrogens (tertiary/aromatic N) is 3. The minimum atomic E-state index is -4.65. The Morgan fingerprint density at radius 2 is 1.94 bits per heavy atom. The number of carbonyl (C=O) groups is 2. The van der Waals surface area contributed by atoms with E-state index in [2.05, 4.69) is 49.7 Å². The minimum Gasteiger partial charge on any atom is -0.364 e. The first-order valence-corrected chi connectivity index (χ1v) is 22.3. The van der Waals surface area contributed by atoms with Crippen molar-refractivity contribution in [3.63, 3.8) is 0 Å². The topological polar surface area (TPSA) is 219 Å². The van der Waals surface area contributed by atoms with Gasteiger partial charge < -0.3 is 34.0 Å². The maximum atomic E-state index is 12.5. The fourth-order valence-corrected chi connectivity index (χ4v) is 9.53. The Hall–Kier alpha value is -0.520. The molecule has 1 saturated carbocycles. The quantitative estimate of drug-likeness (QED) is 0.0142. The van der Waals surface area contributed by atoms with Crippen LogP contribution in [0.5, 0.6) is 0 Å². The second-order valence-electron chi connectivity index (χ2n) is 12.5. The first-order chi connectivity index (χ1) is 23.4. The molecule has 15 nitrogen and oxygen atoms in total. The summed E-state index contributed by atoms with van der Waals surface area (Å²) in [5.74, 6) is 7.87. The highest BCUT2D eigenvalue weighted by Crippen LogP contribution is 2.57. The van der Waals surface area contributed by atoms with Crippen LogP contribution in [0.15, 0.2) is 5.11 Å². The third kappa shape index (κ3) is 22.2. The molecule has 1 aliphatic carbocycles. The monoisotopic (exact) mass is 788 g/mol. The van der Waals surface area contributed by atoms with E-state index in [0.717, 1.165) is 64.2 Å². The third-order valence-electron chi connectivity index (χ3n) is 7.78. The van der Waals surface area contributed by atoms with Crippen LogP contribution in [-0.2, 0) is 36.8 Å². The number of ether oxygens (including phenoxy) is 2. The van der Waals surface area contributed by atoms with Gasteiger partial charge in [0, 0.05) is 41.5 Å². The van der Waals surface area contributed by atoms with Crippen LogP contribution >= 0.6 is 47.0 Å². The van der Waals surface area contributed by atoms with Gasteiger partial charge in [-0.2, -0.15) is 0 Å². The smallest absolute Gasteiger partial charge is 0.364 e. The van der Waals surface area contributed by atoms with E-state index in [1.807, 2.05) is 0 Å². The Labute approximate surface area is 300 Å². The van der Waals surface area contributed by atoms with Crippen LogP contribution in [0.4, 0.5) is 0 Å². The van der Waals surface area contributed by atoms with Crippen molar-refractivity contribution in [3.8, 4) is 11.8 Å². The van der Waals surface area contributed by atoms with E-state index in [9.17, 15) is 19.0 Å². The van der Waals surface area contributed by atoms with Crippen LogP contribution in [-0.4, -0.2) is 75.6 Å². The Morgan fingerprint density at radius 1 is 1.22 bits per heavy atom. The predicted molar refractivity (Wildman–Crippen MR) is 193 cm³/mol. The number of nitrogens with one attached hydrogen (secondary N) is 1. The van der Waals surface area contributed by atoms with Crippen molar-refractivity contribution in [2.75, 3.05) is 32.2 Å². The van der Waals surface area contributed by atoms with Crippen LogP contribution in [0.3, 0.4) is 0 Å². The maximum absolute atomic E-state index is 12.5. The zero-order valence-electron chi connectivity index (χ0n) is 28.2. The number of carbonyl (C=O) groups excluding carboxylic acids is 2. The van der Waals surface area contributed by atoms with Gasteiger partial charge >= 0.3 is 16.4 Å². The summed E-state index contributed by atoms with van der Waals surface area (Å²) in [4.78, 5) is 53.8. The van der Waals surface area contributed by atoms with Gasteiger partial charge in [-0.05, 0) is 51.0 Å². The van der Waals surface area contributed by atoms with Gasteiger partial charge in [-0.3, -0.25) is 9.59 Å². The molecule has 0 spiro atoms. The van der Waals surface area contributed by atoms with E-state index in [-0.39, 0.29) is 29.1 Å². The summed E-state index contributed by atoms with van der Waals surface area (Å²) in [5.41, 5.74) is 8.30. The average Bonchev–Trinajstić information content (AvgIpc) is 3.36. The van der Waals surface area contributed by atoms with Gasteiger partial charge in [0.05, 0.1) is 12.7 Å². The van der Waals surface area contributed by atoms with Crippen molar-refractivity contribution < 1.29 is 51.5 Å². The van der Waals surface area contributed by atoms with E-state index < -0.39 is 31.6 Å². The summed E-state index contributed by atoms with van der Waals surface area (Å²) in [6, 6.07) is 0. The lowest BCUT2D eigenvalue weighted by molar-refractivity contribution is -0.124. The molecule has 1 heterocycles. The van der Waals surface area contributed by atoms with E-state index >= 15 is 0 Å². The highest BCUT2D eigenvalue weighted by molar-refractivity contribution is 8.77. The zero-order chi connectivity index (χ0) is 36.0. The summed E-state index contributed by atoms with van der Waals surface area (Å²) in [6.07, 6.45) is 10.9. The van der Waals surface area contributed by atoms with Gasteiger partial charge in [0.2, 0.25) is 5.91 Å². The van der Waals surface area contributed by atoms with E-state index in [1.165, 1.54) is 0 Å². The number of Topliss-reactive ketones (excluding diaryl/α,β-unsaturated/α-hetero) is 1. The van der Waals surface area contributed by atoms with Crippen molar-refractivity contribution in [2.24, 2.45) is 17.0 Å². The lowest BCUT2D eigenvalue weighted by Gasteiger charge is -2.23. The molecule has 6 atom stereocenters. The number of ketones is 1. The summed E-state index contributed by atoms with van der Waals surface area (Å²) in [5, 5.41) is 6.37.